The predicted molar refractivity (Wildman–Crippen MR) is 84.3 cm³/mol. The molecule has 110 valence electrons. The number of nitrogens with one attached hydrogen (secondary N) is 1. The maximum Gasteiger partial charge on any atom is 0.251 e. The van der Waals surface area contributed by atoms with E-state index in [0.29, 0.717) is 12.1 Å². The fourth-order valence-corrected chi connectivity index (χ4v) is 2.22. The van der Waals surface area contributed by atoms with E-state index < -0.39 is 0 Å². The van der Waals surface area contributed by atoms with Crippen molar-refractivity contribution >= 4 is 5.91 Å². The monoisotopic (exact) mass is 292 g/mol. The number of nitrogens with zero attached hydrogens (tertiary/aromatic N) is 1. The van der Waals surface area contributed by atoms with Crippen LogP contribution in [0.1, 0.15) is 21.5 Å². The maximum atomic E-state index is 12.1. The number of aryl methyl sites for hydroxylation is 1. The van der Waals surface area contributed by atoms with Crippen LogP contribution in [0.25, 0.3) is 11.3 Å². The molecular formula is C18H16N2O2. The highest BCUT2D eigenvalue weighted by Gasteiger charge is 2.08. The molecule has 3 rings (SSSR count). The smallest absolute Gasteiger partial charge is 0.251 e. The molecule has 2 heterocycles. The largest absolute Gasteiger partial charge is 0.472 e. The Kier molecular flexibility index (Phi) is 4.01. The summed E-state index contributed by atoms with van der Waals surface area (Å²) in [5, 5.41) is 2.91. The van der Waals surface area contributed by atoms with Gasteiger partial charge in [0.2, 0.25) is 0 Å². The van der Waals surface area contributed by atoms with Crippen LogP contribution in [-0.4, -0.2) is 10.9 Å². The first-order valence-electron chi connectivity index (χ1n) is 7.05. The highest BCUT2D eigenvalue weighted by atomic mass is 16.3. The Bertz CT molecular complexity index is 762. The number of carbonyl (C=O) groups is 1. The fourth-order valence-electron chi connectivity index (χ4n) is 2.22. The molecule has 0 aliphatic rings. The summed E-state index contributed by atoms with van der Waals surface area (Å²) in [5.74, 6) is -0.0722. The Hall–Kier alpha value is -2.88. The van der Waals surface area contributed by atoms with Gasteiger partial charge in [0.1, 0.15) is 0 Å². The molecule has 0 bridgehead atoms. The Morgan fingerprint density at radius 2 is 2.05 bits per heavy atom. The minimum absolute atomic E-state index is 0.0722. The summed E-state index contributed by atoms with van der Waals surface area (Å²) in [6, 6.07) is 13.3. The molecule has 0 atom stereocenters. The zero-order valence-electron chi connectivity index (χ0n) is 12.2. The van der Waals surface area contributed by atoms with Gasteiger partial charge in [0.15, 0.2) is 0 Å². The molecule has 1 N–H and O–H groups in total. The number of hydrogen-bond acceptors (Lipinski definition) is 3. The number of benzene rings is 1. The summed E-state index contributed by atoms with van der Waals surface area (Å²) in [7, 11) is 0. The van der Waals surface area contributed by atoms with Gasteiger partial charge in [-0.25, -0.2) is 0 Å². The number of carbonyl (C=O) groups excluding carboxylic acids is 1. The van der Waals surface area contributed by atoms with Crippen LogP contribution in [0, 0.1) is 6.92 Å². The van der Waals surface area contributed by atoms with E-state index in [1.54, 1.807) is 18.7 Å². The van der Waals surface area contributed by atoms with Crippen LogP contribution in [0.3, 0.4) is 0 Å². The van der Waals surface area contributed by atoms with Gasteiger partial charge in [0.25, 0.3) is 5.91 Å². The Morgan fingerprint density at radius 1 is 1.18 bits per heavy atom. The van der Waals surface area contributed by atoms with Crippen molar-refractivity contribution in [2.75, 3.05) is 0 Å². The van der Waals surface area contributed by atoms with Crippen LogP contribution in [0.5, 0.6) is 0 Å². The quantitative estimate of drug-likeness (QED) is 0.799. The number of furan rings is 1. The van der Waals surface area contributed by atoms with Crippen molar-refractivity contribution in [1.82, 2.24) is 10.3 Å². The average molecular weight is 292 g/mol. The topological polar surface area (TPSA) is 55.1 Å². The van der Waals surface area contributed by atoms with Gasteiger partial charge in [0.05, 0.1) is 18.2 Å². The third-order valence-electron chi connectivity index (χ3n) is 3.48. The van der Waals surface area contributed by atoms with Gasteiger partial charge in [-0.1, -0.05) is 24.3 Å². The lowest BCUT2D eigenvalue weighted by Gasteiger charge is -2.07. The summed E-state index contributed by atoms with van der Waals surface area (Å²) in [6.45, 7) is 2.38. The number of hydrogen-bond donors (Lipinski definition) is 1. The second-order valence-electron chi connectivity index (χ2n) is 5.06. The highest BCUT2D eigenvalue weighted by molar-refractivity contribution is 5.95. The number of aromatic nitrogens is 1. The lowest BCUT2D eigenvalue weighted by Crippen LogP contribution is -2.23. The lowest BCUT2D eigenvalue weighted by atomic mass is 10.1. The van der Waals surface area contributed by atoms with Gasteiger partial charge in [-0.05, 0) is 36.2 Å². The zero-order chi connectivity index (χ0) is 15.4. The van der Waals surface area contributed by atoms with E-state index in [-0.39, 0.29) is 5.91 Å². The van der Waals surface area contributed by atoms with Gasteiger partial charge >= 0.3 is 0 Å². The third-order valence-corrected chi connectivity index (χ3v) is 3.48. The standard InChI is InChI=1S/C18H16N2O2/c1-13-4-2-3-5-16(13)18(21)20-11-14-6-7-17(19-10-14)15-8-9-22-12-15/h2-10,12H,11H2,1H3,(H,20,21). The normalized spacial score (nSPS) is 10.4. The minimum atomic E-state index is -0.0722. The SMILES string of the molecule is Cc1ccccc1C(=O)NCc1ccc(-c2ccoc2)nc1. The van der Waals surface area contributed by atoms with Crippen LogP contribution in [0.15, 0.2) is 65.6 Å². The van der Waals surface area contributed by atoms with E-state index in [2.05, 4.69) is 10.3 Å². The molecule has 0 saturated heterocycles. The van der Waals surface area contributed by atoms with Crippen molar-refractivity contribution in [2.45, 2.75) is 13.5 Å². The molecule has 0 saturated carbocycles. The van der Waals surface area contributed by atoms with Crippen molar-refractivity contribution in [3.05, 3.63) is 77.9 Å². The Labute approximate surface area is 128 Å². The molecule has 3 aromatic rings. The van der Waals surface area contributed by atoms with E-state index in [9.17, 15) is 4.79 Å². The molecule has 1 aromatic carbocycles. The number of rotatable bonds is 4. The van der Waals surface area contributed by atoms with E-state index in [1.807, 2.05) is 49.4 Å². The molecule has 0 aliphatic heterocycles. The number of amides is 1. The molecule has 0 unspecified atom stereocenters. The van der Waals surface area contributed by atoms with Crippen molar-refractivity contribution in [1.29, 1.82) is 0 Å². The molecule has 4 heteroatoms. The Balaban J connectivity index is 1.64. The van der Waals surface area contributed by atoms with Gasteiger partial charge in [0, 0.05) is 23.9 Å². The van der Waals surface area contributed by atoms with Crippen molar-refractivity contribution < 1.29 is 9.21 Å². The van der Waals surface area contributed by atoms with Crippen molar-refractivity contribution in [3.8, 4) is 11.3 Å². The molecule has 22 heavy (non-hydrogen) atoms. The first-order chi connectivity index (χ1) is 10.7. The number of pyridine rings is 1. The molecule has 0 fully saturated rings. The minimum Gasteiger partial charge on any atom is -0.472 e. The maximum absolute atomic E-state index is 12.1. The first kappa shape index (κ1) is 14.1. The fraction of sp³-hybridized carbons (Fsp3) is 0.111. The molecule has 2 aromatic heterocycles. The summed E-state index contributed by atoms with van der Waals surface area (Å²) in [6.07, 6.45) is 5.04. The van der Waals surface area contributed by atoms with E-state index in [0.717, 1.165) is 22.4 Å². The summed E-state index contributed by atoms with van der Waals surface area (Å²) in [4.78, 5) is 16.5. The lowest BCUT2D eigenvalue weighted by molar-refractivity contribution is 0.0950. The molecule has 1 amide bonds. The van der Waals surface area contributed by atoms with Gasteiger partial charge in [-0.15, -0.1) is 0 Å². The second-order valence-corrected chi connectivity index (χ2v) is 5.06. The van der Waals surface area contributed by atoms with Gasteiger partial charge < -0.3 is 9.73 Å². The van der Waals surface area contributed by atoms with Crippen LogP contribution >= 0.6 is 0 Å². The summed E-state index contributed by atoms with van der Waals surface area (Å²) < 4.78 is 5.04. The Morgan fingerprint density at radius 3 is 2.73 bits per heavy atom. The third kappa shape index (κ3) is 3.06. The molecule has 4 nitrogen and oxygen atoms in total. The van der Waals surface area contributed by atoms with Crippen LogP contribution in [-0.2, 0) is 6.54 Å². The van der Waals surface area contributed by atoms with Crippen LogP contribution < -0.4 is 5.32 Å². The highest BCUT2D eigenvalue weighted by Crippen LogP contribution is 2.17. The predicted octanol–water partition coefficient (Wildman–Crippen LogP) is 3.58. The van der Waals surface area contributed by atoms with Gasteiger partial charge in [-0.2, -0.15) is 0 Å². The molecule has 0 aliphatic carbocycles. The van der Waals surface area contributed by atoms with E-state index in [1.165, 1.54) is 0 Å². The summed E-state index contributed by atoms with van der Waals surface area (Å²) >= 11 is 0. The summed E-state index contributed by atoms with van der Waals surface area (Å²) in [5.41, 5.74) is 4.41. The first-order valence-corrected chi connectivity index (χ1v) is 7.05. The van der Waals surface area contributed by atoms with Crippen molar-refractivity contribution in [2.24, 2.45) is 0 Å². The van der Waals surface area contributed by atoms with Gasteiger partial charge in [-0.3, -0.25) is 9.78 Å². The van der Waals surface area contributed by atoms with Crippen LogP contribution in [0.2, 0.25) is 0 Å². The van der Waals surface area contributed by atoms with Crippen molar-refractivity contribution in [3.63, 3.8) is 0 Å². The van der Waals surface area contributed by atoms with E-state index in [4.69, 9.17) is 4.42 Å². The molecule has 0 spiro atoms. The van der Waals surface area contributed by atoms with Crippen LogP contribution in [0.4, 0.5) is 0 Å². The molecule has 0 radical (unpaired) electrons. The second kappa shape index (κ2) is 6.26. The van der Waals surface area contributed by atoms with E-state index >= 15 is 0 Å². The molecular weight excluding hydrogens is 276 g/mol. The zero-order valence-corrected chi connectivity index (χ0v) is 12.2. The average Bonchev–Trinajstić information content (AvgIpc) is 3.08.